The number of unbranched alkanes of at least 4 members (excludes halogenated alkanes) is 24. The highest BCUT2D eigenvalue weighted by Crippen LogP contribution is 2.25. The lowest BCUT2D eigenvalue weighted by atomic mass is 10.1. The van der Waals surface area contributed by atoms with E-state index in [1.165, 1.54) is 57.6 Å². The second-order valence-corrected chi connectivity index (χ2v) is 24.0. The van der Waals surface area contributed by atoms with Gasteiger partial charge in [-0.05, 0) is 139 Å². The van der Waals surface area contributed by atoms with Gasteiger partial charge in [-0.15, -0.1) is 0 Å². The average Bonchev–Trinajstić information content (AvgIpc) is 2.09. The fourth-order valence-corrected chi connectivity index (χ4v) is 10.4. The molecule has 0 saturated heterocycles. The Kier molecular flexibility index (Phi) is 48.2. The third-order valence-electron chi connectivity index (χ3n) is 15.7. The van der Waals surface area contributed by atoms with Crippen molar-refractivity contribution in [1.82, 2.24) is 0 Å². The predicted octanol–water partition coefficient (Wildman–Crippen LogP) is 20.6. The zero-order valence-corrected chi connectivity index (χ0v) is 56.1. The van der Waals surface area contributed by atoms with Gasteiger partial charge in [0.25, 0.3) is 0 Å². The van der Waals surface area contributed by atoms with Crippen molar-refractivity contribution in [2.24, 2.45) is 0 Å². The van der Waals surface area contributed by atoms with E-state index in [1.807, 2.05) is 31.2 Å². The van der Waals surface area contributed by atoms with E-state index in [4.69, 9.17) is 28.8 Å². The Morgan fingerprint density at radius 2 is 0.756 bits per heavy atom. The average molecular weight is 1250 g/mol. The molecule has 0 aliphatic rings. The van der Waals surface area contributed by atoms with Gasteiger partial charge in [0, 0.05) is 39.0 Å². The first-order valence-electron chi connectivity index (χ1n) is 34.9. The summed E-state index contributed by atoms with van der Waals surface area (Å²) in [6, 6.07) is 20.6. The summed E-state index contributed by atoms with van der Waals surface area (Å²) in [5, 5.41) is 19.2. The summed E-state index contributed by atoms with van der Waals surface area (Å²) >= 11 is 0. The van der Waals surface area contributed by atoms with Crippen LogP contribution in [0.15, 0.2) is 109 Å². The van der Waals surface area contributed by atoms with Gasteiger partial charge < -0.3 is 33.9 Å². The van der Waals surface area contributed by atoms with E-state index in [0.29, 0.717) is 25.0 Å². The van der Waals surface area contributed by atoms with Gasteiger partial charge in [0.05, 0.1) is 6.10 Å². The molecule has 3 aromatic rings. The normalized spacial score (nSPS) is 12.3. The molecule has 2 N–H and O–H groups in total. The Morgan fingerprint density at radius 3 is 1.20 bits per heavy atom. The van der Waals surface area contributed by atoms with Gasteiger partial charge in [-0.2, -0.15) is 0 Å². The zero-order valence-electron chi connectivity index (χ0n) is 56.1. The maximum atomic E-state index is 13.4. The van der Waals surface area contributed by atoms with E-state index in [0.717, 1.165) is 192 Å². The topological polar surface area (TPSA) is 189 Å². The van der Waals surface area contributed by atoms with Gasteiger partial charge in [-0.25, -0.2) is 9.59 Å². The molecule has 3 atom stereocenters. The number of hydrogen-bond donors (Lipinski definition) is 2. The fraction of sp³-hybridized carbons (Fsp3) is 0.610. The van der Waals surface area contributed by atoms with Gasteiger partial charge >= 0.3 is 35.8 Å². The first kappa shape index (κ1) is 79.8. The van der Waals surface area contributed by atoms with Crippen molar-refractivity contribution >= 4 is 35.8 Å². The number of carbonyl (C=O) groups excluding carboxylic acids is 5. The molecule has 3 aromatic carbocycles. The maximum absolute atomic E-state index is 13.4. The number of rotatable bonds is 52. The number of aliphatic hydroxyl groups excluding tert-OH is 1. The number of allylic oxidation sites excluding steroid dienone is 3. The summed E-state index contributed by atoms with van der Waals surface area (Å²) in [5.74, 6) is -1.67. The Labute approximate surface area is 542 Å². The predicted molar refractivity (Wildman–Crippen MR) is 363 cm³/mol. The summed E-state index contributed by atoms with van der Waals surface area (Å²) < 4.78 is 27.8. The number of carboxylic acid groups (broad SMARTS) is 1. The molecule has 0 radical (unpaired) electrons. The van der Waals surface area contributed by atoms with Crippen molar-refractivity contribution in [2.75, 3.05) is 0 Å². The Bertz CT molecular complexity index is 2480. The van der Waals surface area contributed by atoms with E-state index in [1.54, 1.807) is 36.4 Å². The number of hydrogen-bond acceptors (Lipinski definition) is 12. The number of aryl methyl sites for hydroxylation is 1. The first-order chi connectivity index (χ1) is 43.8. The summed E-state index contributed by atoms with van der Waals surface area (Å²) in [7, 11) is 0. The number of benzene rings is 3. The van der Waals surface area contributed by atoms with Gasteiger partial charge in [-0.3, -0.25) is 19.2 Å². The second-order valence-electron chi connectivity index (χ2n) is 24.0. The molecule has 502 valence electrons. The zero-order chi connectivity index (χ0) is 65.5. The van der Waals surface area contributed by atoms with E-state index in [9.17, 15) is 33.9 Å². The Morgan fingerprint density at radius 1 is 0.400 bits per heavy atom. The van der Waals surface area contributed by atoms with Gasteiger partial charge in [-0.1, -0.05) is 222 Å². The number of carbonyl (C=O) groups is 6. The highest BCUT2D eigenvalue weighted by atomic mass is 16.6. The van der Waals surface area contributed by atoms with Crippen LogP contribution in [0.1, 0.15) is 304 Å². The molecule has 90 heavy (non-hydrogen) atoms. The van der Waals surface area contributed by atoms with Crippen LogP contribution >= 0.6 is 0 Å². The number of esters is 5. The molecule has 0 amide bonds. The molecule has 3 rings (SSSR count). The van der Waals surface area contributed by atoms with Gasteiger partial charge in [0.1, 0.15) is 40.6 Å². The Balaban J connectivity index is 0.000000709. The molecule has 13 nitrogen and oxygen atoms in total. The molecule has 3 unspecified atom stereocenters. The van der Waals surface area contributed by atoms with Crippen LogP contribution in [0.5, 0.6) is 17.2 Å². The molecular weight excluding hydrogens is 1130 g/mol. The number of aliphatic hydroxyl groups is 1. The minimum Gasteiger partial charge on any atom is -0.478 e. The van der Waals surface area contributed by atoms with Crippen molar-refractivity contribution in [1.29, 1.82) is 0 Å². The third kappa shape index (κ3) is 42.6. The Hall–Kier alpha value is -6.34. The monoisotopic (exact) mass is 1250 g/mol. The maximum Gasteiger partial charge on any atom is 0.342 e. The fourth-order valence-electron chi connectivity index (χ4n) is 10.4. The minimum atomic E-state index is -1.11. The minimum absolute atomic E-state index is 0.00502. The van der Waals surface area contributed by atoms with E-state index < -0.39 is 17.9 Å². The number of ether oxygens (including phenoxy) is 5. The molecule has 0 fully saturated rings. The van der Waals surface area contributed by atoms with Crippen LogP contribution in [0.2, 0.25) is 0 Å². The SMILES string of the molecule is CCCCCCC(C/C=C\CCCCCCCC(=O)Oc1ccccc1C(=O)O)OC(C)=O.CCCCCCC(O)C/C=C\CCCCCCCC(=O)Oc1ccccc1C(=O)OC(C/C=C\CCCCCCCC(=O)Oc1ccccc1C)CCCCCC. The number of carboxylic acids is 1. The van der Waals surface area contributed by atoms with E-state index in [-0.39, 0.29) is 65.3 Å². The number of para-hydroxylation sites is 3. The molecule has 0 spiro atoms. The molecule has 0 heterocycles. The molecule has 0 saturated carbocycles. The largest absolute Gasteiger partial charge is 0.478 e. The van der Waals surface area contributed by atoms with Crippen LogP contribution < -0.4 is 14.2 Å². The van der Waals surface area contributed by atoms with E-state index >= 15 is 0 Å². The molecule has 0 bridgehead atoms. The lowest BCUT2D eigenvalue weighted by Gasteiger charge is -2.18. The quantitative estimate of drug-likeness (QED) is 0.0235. The van der Waals surface area contributed by atoms with Crippen LogP contribution in [0.25, 0.3) is 0 Å². The highest BCUT2D eigenvalue weighted by molar-refractivity contribution is 5.94. The smallest absolute Gasteiger partial charge is 0.342 e. The second kappa shape index (κ2) is 54.4. The van der Waals surface area contributed by atoms with Crippen LogP contribution in [0, 0.1) is 6.92 Å². The van der Waals surface area contributed by atoms with Crippen LogP contribution in [0.4, 0.5) is 0 Å². The lowest BCUT2D eigenvalue weighted by molar-refractivity contribution is -0.146. The first-order valence-corrected chi connectivity index (χ1v) is 34.9. The van der Waals surface area contributed by atoms with Crippen LogP contribution in [-0.2, 0) is 28.7 Å². The molecular formula is C77H116O13. The molecule has 0 aromatic heterocycles. The van der Waals surface area contributed by atoms with Crippen molar-refractivity contribution in [3.05, 3.63) is 126 Å². The standard InChI is InChI=1S/C50H76O7.C27H40O6/c1-4-6-8-22-33-43(51)34-23-18-14-10-12-16-21-27-41-49(53)57-47-39-31-29-37-45(47)50(54)55-44(35-24-9-7-5-2)36-25-19-15-11-13-17-20-26-40-48(52)56-46-38-30-28-32-42(46)3;1-3-4-5-12-17-23(32-22(2)28)18-13-10-8-6-7-9-11-14-21-26(29)33-25-20-16-15-19-24(25)27(30)31/h18-19,23,25,28-32,37-39,43-44,51H,4-17,20-22,24,26-27,33-36,40-41H2,1-3H3;10,13,15-16,19-20,23H,3-9,11-12,14,17-18,21H2,1-2H3,(H,30,31)/b23-18-,25-19-;13-10-. The summed E-state index contributed by atoms with van der Waals surface area (Å²) in [4.78, 5) is 72.7. The van der Waals surface area contributed by atoms with Gasteiger partial charge in [0.2, 0.25) is 0 Å². The highest BCUT2D eigenvalue weighted by Gasteiger charge is 2.21. The third-order valence-corrected chi connectivity index (χ3v) is 15.7. The van der Waals surface area contributed by atoms with Crippen LogP contribution in [0.3, 0.4) is 0 Å². The lowest BCUT2D eigenvalue weighted by Crippen LogP contribution is -2.19. The summed E-state index contributed by atoms with van der Waals surface area (Å²) in [5.41, 5.74) is 1.25. The molecule has 0 aliphatic heterocycles. The van der Waals surface area contributed by atoms with E-state index in [2.05, 4.69) is 57.2 Å². The van der Waals surface area contributed by atoms with Crippen molar-refractivity contribution in [3.63, 3.8) is 0 Å². The molecule has 13 heteroatoms. The van der Waals surface area contributed by atoms with Crippen molar-refractivity contribution < 1.29 is 62.7 Å². The van der Waals surface area contributed by atoms with Crippen LogP contribution in [-0.4, -0.2) is 64.3 Å². The van der Waals surface area contributed by atoms with Crippen molar-refractivity contribution in [3.8, 4) is 17.2 Å². The summed E-state index contributed by atoms with van der Waals surface area (Å²) in [6.45, 7) is 9.98. The summed E-state index contributed by atoms with van der Waals surface area (Å²) in [6.07, 6.45) is 50.1. The molecule has 0 aliphatic carbocycles. The number of aromatic carboxylic acids is 1. The van der Waals surface area contributed by atoms with Gasteiger partial charge in [0.15, 0.2) is 0 Å². The van der Waals surface area contributed by atoms with Crippen molar-refractivity contribution in [2.45, 2.75) is 303 Å².